The first-order valence-corrected chi connectivity index (χ1v) is 6.34. The fraction of sp³-hybridized carbons (Fsp3) is 0.667. The van der Waals surface area contributed by atoms with Gasteiger partial charge in [-0.05, 0) is 19.3 Å². The highest BCUT2D eigenvalue weighted by molar-refractivity contribution is 6.29. The Balaban J connectivity index is 2.55. The van der Waals surface area contributed by atoms with Crippen molar-refractivity contribution in [3.8, 4) is 0 Å². The summed E-state index contributed by atoms with van der Waals surface area (Å²) in [7, 11) is 0. The summed E-state index contributed by atoms with van der Waals surface area (Å²) >= 11 is 5.92. The van der Waals surface area contributed by atoms with Crippen LogP contribution >= 0.6 is 11.6 Å². The number of nitrogens with one attached hydrogen (secondary N) is 1. The molecule has 0 bridgehead atoms. The number of nitrogens with zero attached hydrogens (tertiary/aromatic N) is 2. The summed E-state index contributed by atoms with van der Waals surface area (Å²) in [5.74, 6) is 2.05. The molecule has 0 amide bonds. The van der Waals surface area contributed by atoms with Crippen molar-refractivity contribution in [2.45, 2.75) is 33.8 Å². The Morgan fingerprint density at radius 1 is 1.41 bits per heavy atom. The Labute approximate surface area is 108 Å². The third kappa shape index (κ3) is 5.84. The highest BCUT2D eigenvalue weighted by Gasteiger charge is 2.03. The predicted molar refractivity (Wildman–Crippen MR) is 70.3 cm³/mol. The molecule has 17 heavy (non-hydrogen) atoms. The molecule has 96 valence electrons. The zero-order valence-electron chi connectivity index (χ0n) is 10.7. The van der Waals surface area contributed by atoms with Crippen molar-refractivity contribution in [3.05, 3.63) is 17.0 Å². The smallest absolute Gasteiger partial charge is 0.158 e. The zero-order valence-corrected chi connectivity index (χ0v) is 11.4. The van der Waals surface area contributed by atoms with Crippen LogP contribution in [-0.2, 0) is 11.3 Å². The van der Waals surface area contributed by atoms with Crippen molar-refractivity contribution < 1.29 is 4.74 Å². The lowest BCUT2D eigenvalue weighted by Gasteiger charge is -2.09. The molecule has 5 heteroatoms. The standard InChI is InChI=1S/C12H20ClN3O/c1-4-17-8-12-15-10(13)7-11(16-12)14-6-5-9(2)3/h7,9H,4-6,8H2,1-3H3,(H,14,15,16). The molecule has 0 fully saturated rings. The lowest BCUT2D eigenvalue weighted by Crippen LogP contribution is -2.08. The molecule has 1 N–H and O–H groups in total. The molecule has 0 spiro atoms. The van der Waals surface area contributed by atoms with Crippen molar-refractivity contribution in [2.75, 3.05) is 18.5 Å². The number of rotatable bonds is 7. The van der Waals surface area contributed by atoms with E-state index >= 15 is 0 Å². The number of halogens is 1. The molecule has 0 aliphatic rings. The molecule has 0 atom stereocenters. The first kappa shape index (κ1) is 14.2. The minimum absolute atomic E-state index is 0.399. The molecule has 0 saturated heterocycles. The van der Waals surface area contributed by atoms with Gasteiger partial charge in [0, 0.05) is 19.2 Å². The number of hydrogen-bond donors (Lipinski definition) is 1. The number of aromatic nitrogens is 2. The Bertz CT molecular complexity index is 345. The van der Waals surface area contributed by atoms with Crippen LogP contribution in [0, 0.1) is 5.92 Å². The summed E-state index contributed by atoms with van der Waals surface area (Å²) in [5, 5.41) is 3.69. The van der Waals surface area contributed by atoms with E-state index in [-0.39, 0.29) is 0 Å². The van der Waals surface area contributed by atoms with Gasteiger partial charge >= 0.3 is 0 Å². The second kappa shape index (κ2) is 7.45. The highest BCUT2D eigenvalue weighted by atomic mass is 35.5. The maximum atomic E-state index is 5.92. The largest absolute Gasteiger partial charge is 0.374 e. The summed E-state index contributed by atoms with van der Waals surface area (Å²) in [6, 6.07) is 1.73. The third-order valence-electron chi connectivity index (χ3n) is 2.20. The van der Waals surface area contributed by atoms with Gasteiger partial charge in [-0.1, -0.05) is 25.4 Å². The number of anilines is 1. The maximum absolute atomic E-state index is 5.92. The topological polar surface area (TPSA) is 47.0 Å². The van der Waals surface area contributed by atoms with E-state index in [0.717, 1.165) is 18.8 Å². The molecule has 0 aliphatic carbocycles. The van der Waals surface area contributed by atoms with Crippen LogP contribution in [0.4, 0.5) is 5.82 Å². The van der Waals surface area contributed by atoms with Crippen LogP contribution < -0.4 is 5.32 Å². The average Bonchev–Trinajstić information content (AvgIpc) is 2.25. The third-order valence-corrected chi connectivity index (χ3v) is 2.40. The first-order chi connectivity index (χ1) is 8.11. The van der Waals surface area contributed by atoms with E-state index in [1.165, 1.54) is 0 Å². The Hall–Kier alpha value is -0.870. The first-order valence-electron chi connectivity index (χ1n) is 5.97. The summed E-state index contributed by atoms with van der Waals surface area (Å²) in [5.41, 5.74) is 0. The van der Waals surface area contributed by atoms with Gasteiger partial charge in [-0.25, -0.2) is 9.97 Å². The molecular formula is C12H20ClN3O. The van der Waals surface area contributed by atoms with E-state index < -0.39 is 0 Å². The van der Waals surface area contributed by atoms with Gasteiger partial charge in [0.05, 0.1) is 0 Å². The molecule has 4 nitrogen and oxygen atoms in total. The molecule has 1 heterocycles. The second-order valence-corrected chi connectivity index (χ2v) is 4.63. The second-order valence-electron chi connectivity index (χ2n) is 4.24. The number of ether oxygens (including phenoxy) is 1. The average molecular weight is 258 g/mol. The summed E-state index contributed by atoms with van der Waals surface area (Å²) in [6.45, 7) is 8.25. The fourth-order valence-corrected chi connectivity index (χ4v) is 1.50. The van der Waals surface area contributed by atoms with Gasteiger partial charge in [-0.2, -0.15) is 0 Å². The van der Waals surface area contributed by atoms with Gasteiger partial charge < -0.3 is 10.1 Å². The molecular weight excluding hydrogens is 238 g/mol. The summed E-state index contributed by atoms with van der Waals surface area (Å²) in [6.07, 6.45) is 1.10. The molecule has 1 aromatic heterocycles. The van der Waals surface area contributed by atoms with E-state index in [1.807, 2.05) is 6.92 Å². The van der Waals surface area contributed by atoms with Crippen molar-refractivity contribution in [1.29, 1.82) is 0 Å². The van der Waals surface area contributed by atoms with Crippen LogP contribution in [0.15, 0.2) is 6.07 Å². The van der Waals surface area contributed by atoms with Gasteiger partial charge in [0.25, 0.3) is 0 Å². The van der Waals surface area contributed by atoms with E-state index in [9.17, 15) is 0 Å². The molecule has 0 aliphatic heterocycles. The molecule has 0 aromatic carbocycles. The summed E-state index contributed by atoms with van der Waals surface area (Å²) in [4.78, 5) is 8.44. The summed E-state index contributed by atoms with van der Waals surface area (Å²) < 4.78 is 5.26. The maximum Gasteiger partial charge on any atom is 0.158 e. The molecule has 0 saturated carbocycles. The van der Waals surface area contributed by atoms with Crippen LogP contribution in [0.1, 0.15) is 33.0 Å². The molecule has 1 rings (SSSR count). The monoisotopic (exact) mass is 257 g/mol. The molecule has 1 aromatic rings. The fourth-order valence-electron chi connectivity index (χ4n) is 1.30. The zero-order chi connectivity index (χ0) is 12.7. The van der Waals surface area contributed by atoms with Crippen LogP contribution in [-0.4, -0.2) is 23.1 Å². The van der Waals surface area contributed by atoms with Crippen molar-refractivity contribution in [2.24, 2.45) is 5.92 Å². The van der Waals surface area contributed by atoms with E-state index in [4.69, 9.17) is 16.3 Å². The van der Waals surface area contributed by atoms with Gasteiger partial charge in [0.15, 0.2) is 5.82 Å². The van der Waals surface area contributed by atoms with Gasteiger partial charge in [-0.15, -0.1) is 0 Å². The van der Waals surface area contributed by atoms with E-state index in [1.54, 1.807) is 6.07 Å². The van der Waals surface area contributed by atoms with Crippen molar-refractivity contribution in [1.82, 2.24) is 9.97 Å². The molecule has 0 radical (unpaired) electrons. The van der Waals surface area contributed by atoms with Gasteiger partial charge in [0.2, 0.25) is 0 Å². The quantitative estimate of drug-likeness (QED) is 0.763. The number of hydrogen-bond acceptors (Lipinski definition) is 4. The molecule has 0 unspecified atom stereocenters. The minimum atomic E-state index is 0.399. The van der Waals surface area contributed by atoms with E-state index in [0.29, 0.717) is 30.1 Å². The normalized spacial score (nSPS) is 10.9. The Kier molecular flexibility index (Phi) is 6.22. The van der Waals surface area contributed by atoms with Crippen LogP contribution in [0.25, 0.3) is 0 Å². The Morgan fingerprint density at radius 2 is 2.18 bits per heavy atom. The van der Waals surface area contributed by atoms with Gasteiger partial charge in [0.1, 0.15) is 17.6 Å². The Morgan fingerprint density at radius 3 is 2.82 bits per heavy atom. The lowest BCUT2D eigenvalue weighted by molar-refractivity contribution is 0.128. The van der Waals surface area contributed by atoms with Crippen molar-refractivity contribution in [3.63, 3.8) is 0 Å². The predicted octanol–water partition coefficient (Wildman–Crippen LogP) is 3.12. The highest BCUT2D eigenvalue weighted by Crippen LogP contribution is 2.12. The van der Waals surface area contributed by atoms with Gasteiger partial charge in [-0.3, -0.25) is 0 Å². The lowest BCUT2D eigenvalue weighted by atomic mass is 10.1. The SMILES string of the molecule is CCOCc1nc(Cl)cc(NCCC(C)C)n1. The van der Waals surface area contributed by atoms with Crippen molar-refractivity contribution >= 4 is 17.4 Å². The van der Waals surface area contributed by atoms with Crippen LogP contribution in [0.3, 0.4) is 0 Å². The van der Waals surface area contributed by atoms with Crippen LogP contribution in [0.2, 0.25) is 5.15 Å². The van der Waals surface area contributed by atoms with Crippen LogP contribution in [0.5, 0.6) is 0 Å². The minimum Gasteiger partial charge on any atom is -0.374 e. The van der Waals surface area contributed by atoms with E-state index in [2.05, 4.69) is 29.1 Å².